The molecule has 0 bridgehead atoms. The Bertz CT molecular complexity index is 589. The Hall–Kier alpha value is -2.05. The van der Waals surface area contributed by atoms with Crippen molar-refractivity contribution in [3.63, 3.8) is 0 Å². The Balaban J connectivity index is -0.000000450. The van der Waals surface area contributed by atoms with Gasteiger partial charge in [0.15, 0.2) is 6.29 Å². The number of hydrogen-bond acceptors (Lipinski definition) is 5. The minimum Gasteiger partial charge on any atom is -0.388 e. The fourth-order valence-corrected chi connectivity index (χ4v) is 2.20. The maximum Gasteiger partial charge on any atom is 0.160 e. The normalized spacial score (nSPS) is 8.00. The van der Waals surface area contributed by atoms with Crippen molar-refractivity contribution in [2.24, 2.45) is 4.99 Å². The summed E-state index contributed by atoms with van der Waals surface area (Å²) in [4.78, 5) is 15.6. The van der Waals surface area contributed by atoms with Crippen LogP contribution in [0.3, 0.4) is 0 Å². The van der Waals surface area contributed by atoms with Crippen LogP contribution in [0.2, 0.25) is 0 Å². The average Bonchev–Trinajstić information content (AvgIpc) is 3.28. The van der Waals surface area contributed by atoms with Crippen molar-refractivity contribution in [1.29, 1.82) is 0 Å². The summed E-state index contributed by atoms with van der Waals surface area (Å²) in [5.41, 5.74) is 1.97. The first-order chi connectivity index (χ1) is 12.5. The van der Waals surface area contributed by atoms with E-state index in [1.54, 1.807) is 21.3 Å². The van der Waals surface area contributed by atoms with E-state index in [0.29, 0.717) is 0 Å². The van der Waals surface area contributed by atoms with Crippen molar-refractivity contribution in [3.8, 4) is 10.6 Å². The molecule has 0 atom stereocenters. The molecule has 0 radical (unpaired) electrons. The minimum atomic E-state index is 0.726. The molecular weight excluding hydrogens is 346 g/mol. The molecule has 2 rings (SSSR count). The third-order valence-corrected chi connectivity index (χ3v) is 3.10. The summed E-state index contributed by atoms with van der Waals surface area (Å²) in [7, 11) is 4.89. The summed E-state index contributed by atoms with van der Waals surface area (Å²) in [6, 6.07) is 5.68. The van der Waals surface area contributed by atoms with Crippen molar-refractivity contribution >= 4 is 24.3 Å². The number of carbonyl (C=O) groups excluding carboxylic acids is 1. The number of methoxy groups -OCH3 is 1. The molecule has 2 aromatic rings. The number of carbonyl (C=O) groups is 1. The van der Waals surface area contributed by atoms with Crippen LogP contribution in [0.1, 0.15) is 44.3 Å². The summed E-state index contributed by atoms with van der Waals surface area (Å²) in [5, 5.41) is 4.42. The Morgan fingerprint density at radius 1 is 1.27 bits per heavy atom. The van der Waals surface area contributed by atoms with E-state index >= 15 is 0 Å². The fourth-order valence-electron chi connectivity index (χ4n) is 1.41. The van der Waals surface area contributed by atoms with E-state index in [1.807, 2.05) is 63.7 Å². The molecule has 0 N–H and O–H groups in total. The van der Waals surface area contributed by atoms with E-state index in [9.17, 15) is 4.79 Å². The van der Waals surface area contributed by atoms with Gasteiger partial charge in [0.1, 0.15) is 5.69 Å². The molecule has 148 valence electrons. The summed E-state index contributed by atoms with van der Waals surface area (Å²) in [6.45, 7) is 17.7. The smallest absolute Gasteiger partial charge is 0.160 e. The number of thiophene rings is 1. The third kappa shape index (κ3) is 14.3. The molecule has 0 saturated heterocycles. The van der Waals surface area contributed by atoms with Crippen molar-refractivity contribution in [2.75, 3.05) is 21.3 Å². The van der Waals surface area contributed by atoms with Gasteiger partial charge in [-0.15, -0.1) is 11.3 Å². The molecule has 0 aliphatic carbocycles. The molecule has 0 amide bonds. The van der Waals surface area contributed by atoms with Crippen LogP contribution in [0.4, 0.5) is 0 Å². The van der Waals surface area contributed by atoms with Crippen LogP contribution in [-0.2, 0) is 11.3 Å². The highest BCUT2D eigenvalue weighted by Crippen LogP contribution is 2.25. The number of aliphatic imine (C=N–C) groups is 1. The van der Waals surface area contributed by atoms with Crippen molar-refractivity contribution in [1.82, 2.24) is 9.78 Å². The highest BCUT2D eigenvalue weighted by molar-refractivity contribution is 7.17. The zero-order valence-corrected chi connectivity index (χ0v) is 18.4. The molecule has 0 unspecified atom stereocenters. The predicted octanol–water partition coefficient (Wildman–Crippen LogP) is 5.63. The Morgan fingerprint density at radius 3 is 2.15 bits per heavy atom. The van der Waals surface area contributed by atoms with Crippen LogP contribution >= 0.6 is 11.3 Å². The van der Waals surface area contributed by atoms with E-state index in [0.717, 1.165) is 33.9 Å². The quantitative estimate of drug-likeness (QED) is 0.392. The zero-order chi connectivity index (χ0) is 21.0. The van der Waals surface area contributed by atoms with Crippen molar-refractivity contribution < 1.29 is 9.53 Å². The molecule has 0 spiro atoms. The average molecular weight is 382 g/mol. The standard InChI is InChI=1S/C12H12N2OS.C2H5N.C2H6O.2C2H6/c1-9(2)7-14-6-5-11(13-14)12-4-3-10(8-15)16-12;2*1-3-2;2*1-2/h3-6,8H,1,7H2,2H3;1H2,2H3;1-2H3;2*1-2H3. The predicted molar refractivity (Wildman–Crippen MR) is 117 cm³/mol. The molecule has 2 aromatic heterocycles. The molecular formula is C20H35N3O2S. The van der Waals surface area contributed by atoms with E-state index in [-0.39, 0.29) is 0 Å². The topological polar surface area (TPSA) is 56.5 Å². The fraction of sp³-hybridized carbons (Fsp3) is 0.450. The number of nitrogens with zero attached hydrogens (tertiary/aromatic N) is 3. The first kappa shape index (κ1) is 28.7. The van der Waals surface area contributed by atoms with E-state index in [2.05, 4.69) is 28.1 Å². The van der Waals surface area contributed by atoms with Crippen LogP contribution < -0.4 is 0 Å². The largest absolute Gasteiger partial charge is 0.388 e. The summed E-state index contributed by atoms with van der Waals surface area (Å²) in [6.07, 6.45) is 2.78. The van der Waals surface area contributed by atoms with Gasteiger partial charge in [-0.1, -0.05) is 39.8 Å². The van der Waals surface area contributed by atoms with Gasteiger partial charge in [0.25, 0.3) is 0 Å². The van der Waals surface area contributed by atoms with Gasteiger partial charge in [0.2, 0.25) is 0 Å². The molecule has 0 aliphatic rings. The second-order valence-corrected chi connectivity index (χ2v) is 5.52. The molecule has 6 heteroatoms. The number of hydrogen-bond donors (Lipinski definition) is 0. The molecule has 0 saturated carbocycles. The lowest BCUT2D eigenvalue weighted by atomic mass is 10.3. The van der Waals surface area contributed by atoms with Gasteiger partial charge in [-0.3, -0.25) is 9.48 Å². The molecule has 5 nitrogen and oxygen atoms in total. The van der Waals surface area contributed by atoms with Crippen LogP contribution in [0.15, 0.2) is 41.5 Å². The van der Waals surface area contributed by atoms with Gasteiger partial charge in [0.05, 0.1) is 16.3 Å². The third-order valence-electron chi connectivity index (χ3n) is 2.07. The van der Waals surface area contributed by atoms with Gasteiger partial charge in [-0.25, -0.2) is 0 Å². The van der Waals surface area contributed by atoms with Gasteiger partial charge in [-0.05, 0) is 31.8 Å². The second kappa shape index (κ2) is 21.0. The molecule has 0 aliphatic heterocycles. The number of ether oxygens (including phenoxy) is 1. The lowest BCUT2D eigenvalue weighted by Crippen LogP contribution is -1.98. The van der Waals surface area contributed by atoms with Crippen LogP contribution in [0.5, 0.6) is 0 Å². The summed E-state index contributed by atoms with van der Waals surface area (Å²) < 4.78 is 6.10. The Labute approximate surface area is 163 Å². The number of aromatic nitrogens is 2. The first-order valence-corrected chi connectivity index (χ1v) is 9.32. The van der Waals surface area contributed by atoms with E-state index in [4.69, 9.17) is 0 Å². The molecule has 0 fully saturated rings. The van der Waals surface area contributed by atoms with Gasteiger partial charge in [-0.2, -0.15) is 5.10 Å². The number of aldehydes is 1. The first-order valence-electron chi connectivity index (χ1n) is 8.50. The van der Waals surface area contributed by atoms with Crippen LogP contribution in [-0.4, -0.2) is 44.1 Å². The molecule has 26 heavy (non-hydrogen) atoms. The highest BCUT2D eigenvalue weighted by atomic mass is 32.1. The highest BCUT2D eigenvalue weighted by Gasteiger charge is 2.05. The summed E-state index contributed by atoms with van der Waals surface area (Å²) in [5.74, 6) is 0. The lowest BCUT2D eigenvalue weighted by molar-refractivity contribution is 0.112. The molecule has 2 heterocycles. The monoisotopic (exact) mass is 381 g/mol. The Morgan fingerprint density at radius 2 is 1.77 bits per heavy atom. The zero-order valence-electron chi connectivity index (χ0n) is 17.6. The SMILES string of the molecule is C=C(C)Cn1ccc(-c2ccc(C=O)s2)n1.C=NC.CC.CC.COC. The van der Waals surface area contributed by atoms with Crippen LogP contribution in [0, 0.1) is 0 Å². The Kier molecular flexibility index (Phi) is 23.2. The van der Waals surface area contributed by atoms with Gasteiger partial charge < -0.3 is 9.73 Å². The minimum absolute atomic E-state index is 0.726. The maximum absolute atomic E-state index is 10.6. The van der Waals surface area contributed by atoms with Crippen molar-refractivity contribution in [2.45, 2.75) is 41.2 Å². The van der Waals surface area contributed by atoms with Gasteiger partial charge >= 0.3 is 0 Å². The summed E-state index contributed by atoms with van der Waals surface area (Å²) >= 11 is 1.45. The second-order valence-electron chi connectivity index (χ2n) is 4.40. The number of rotatable bonds is 4. The van der Waals surface area contributed by atoms with Crippen LogP contribution in [0.25, 0.3) is 10.6 Å². The van der Waals surface area contributed by atoms with Gasteiger partial charge in [0, 0.05) is 27.5 Å². The van der Waals surface area contributed by atoms with E-state index in [1.165, 1.54) is 11.3 Å². The molecule has 0 aromatic carbocycles. The van der Waals surface area contributed by atoms with Crippen molar-refractivity contribution in [3.05, 3.63) is 41.4 Å². The lowest BCUT2D eigenvalue weighted by Gasteiger charge is -1.98. The van der Waals surface area contributed by atoms with E-state index < -0.39 is 0 Å². The number of allylic oxidation sites excluding steroid dienone is 1. The maximum atomic E-state index is 10.6.